The van der Waals surface area contributed by atoms with Crippen LogP contribution < -0.4 is 0 Å². The number of rotatable bonds is 2. The maximum absolute atomic E-state index is 12.2. The Balaban J connectivity index is 2.40. The van der Waals surface area contributed by atoms with Gasteiger partial charge < -0.3 is 5.11 Å². The quantitative estimate of drug-likeness (QED) is 0.852. The van der Waals surface area contributed by atoms with Crippen molar-refractivity contribution in [3.63, 3.8) is 0 Å². The second-order valence-electron chi connectivity index (χ2n) is 3.64. The van der Waals surface area contributed by atoms with Gasteiger partial charge in [0.25, 0.3) is 0 Å². The lowest BCUT2D eigenvalue weighted by atomic mass is 10.1. The van der Waals surface area contributed by atoms with Crippen molar-refractivity contribution in [3.8, 4) is 0 Å². The van der Waals surface area contributed by atoms with Crippen molar-refractivity contribution < 1.29 is 18.3 Å². The molecule has 1 unspecified atom stereocenters. The summed E-state index contributed by atoms with van der Waals surface area (Å²) in [5.74, 6) is 0. The van der Waals surface area contributed by atoms with Crippen LogP contribution in [0.15, 0.2) is 28.1 Å². The number of aliphatic hydroxyl groups excluding tert-OH is 1. The van der Waals surface area contributed by atoms with Crippen LogP contribution in [0.25, 0.3) is 10.1 Å². The highest BCUT2D eigenvalue weighted by molar-refractivity contribution is 9.10. The first-order chi connectivity index (χ1) is 7.88. The first kappa shape index (κ1) is 12.9. The van der Waals surface area contributed by atoms with Crippen LogP contribution in [-0.4, -0.2) is 11.3 Å². The number of halogens is 4. The number of benzene rings is 1. The van der Waals surface area contributed by atoms with Gasteiger partial charge in [0.15, 0.2) is 0 Å². The number of hydrogen-bond acceptors (Lipinski definition) is 2. The largest absolute Gasteiger partial charge is 0.391 e. The van der Waals surface area contributed by atoms with Gasteiger partial charge in [-0.15, -0.1) is 11.3 Å². The summed E-state index contributed by atoms with van der Waals surface area (Å²) in [7, 11) is 0. The van der Waals surface area contributed by atoms with Crippen molar-refractivity contribution in [1.82, 2.24) is 0 Å². The van der Waals surface area contributed by atoms with E-state index in [-0.39, 0.29) is 0 Å². The summed E-state index contributed by atoms with van der Waals surface area (Å²) in [5, 5.41) is 11.8. The molecule has 0 bridgehead atoms. The van der Waals surface area contributed by atoms with Crippen molar-refractivity contribution in [3.05, 3.63) is 33.6 Å². The molecule has 0 aliphatic carbocycles. The van der Waals surface area contributed by atoms with Crippen LogP contribution in [0.3, 0.4) is 0 Å². The minimum atomic E-state index is -4.36. The predicted octanol–water partition coefficient (Wildman–Crippen LogP) is 4.65. The van der Waals surface area contributed by atoms with E-state index in [1.165, 1.54) is 11.3 Å². The van der Waals surface area contributed by atoms with Crippen LogP contribution in [0.1, 0.15) is 18.1 Å². The molecule has 17 heavy (non-hydrogen) atoms. The van der Waals surface area contributed by atoms with Gasteiger partial charge >= 0.3 is 6.18 Å². The summed E-state index contributed by atoms with van der Waals surface area (Å²) < 4.78 is 38.3. The van der Waals surface area contributed by atoms with E-state index in [0.29, 0.717) is 10.9 Å². The summed E-state index contributed by atoms with van der Waals surface area (Å²) in [4.78, 5) is 0. The molecule has 0 fully saturated rings. The molecule has 1 aromatic carbocycles. The van der Waals surface area contributed by atoms with Crippen LogP contribution in [0.5, 0.6) is 0 Å². The topological polar surface area (TPSA) is 20.2 Å². The Morgan fingerprint density at radius 2 is 2.06 bits per heavy atom. The summed E-state index contributed by atoms with van der Waals surface area (Å²) in [6.45, 7) is 0. The fourth-order valence-electron chi connectivity index (χ4n) is 1.63. The normalized spacial score (nSPS) is 14.2. The van der Waals surface area contributed by atoms with E-state index < -0.39 is 18.7 Å². The van der Waals surface area contributed by atoms with Gasteiger partial charge in [-0.2, -0.15) is 13.2 Å². The van der Waals surface area contributed by atoms with Gasteiger partial charge in [0, 0.05) is 9.17 Å². The van der Waals surface area contributed by atoms with E-state index in [1.54, 1.807) is 17.5 Å². The molecule has 92 valence electrons. The number of thiophene rings is 1. The van der Waals surface area contributed by atoms with Gasteiger partial charge in [0.2, 0.25) is 0 Å². The van der Waals surface area contributed by atoms with Crippen LogP contribution >= 0.6 is 27.3 Å². The lowest BCUT2D eigenvalue weighted by molar-refractivity contribution is -0.154. The molecule has 1 atom stereocenters. The van der Waals surface area contributed by atoms with E-state index in [2.05, 4.69) is 15.9 Å². The molecule has 2 rings (SSSR count). The highest BCUT2D eigenvalue weighted by Gasteiger charge is 2.32. The Bertz CT molecular complexity index is 535. The highest BCUT2D eigenvalue weighted by atomic mass is 79.9. The smallest absolute Gasteiger partial charge is 0.388 e. The molecule has 0 saturated heterocycles. The van der Waals surface area contributed by atoms with Crippen LogP contribution in [0.2, 0.25) is 0 Å². The van der Waals surface area contributed by atoms with Crippen molar-refractivity contribution in [2.45, 2.75) is 18.7 Å². The van der Waals surface area contributed by atoms with E-state index >= 15 is 0 Å². The first-order valence-corrected chi connectivity index (χ1v) is 6.46. The monoisotopic (exact) mass is 324 g/mol. The maximum atomic E-state index is 12.2. The molecule has 0 aliphatic rings. The Hall–Kier alpha value is -0.590. The van der Waals surface area contributed by atoms with Gasteiger partial charge in [0.05, 0.1) is 12.5 Å². The standard InChI is InChI=1S/C11H8BrF3OS/c12-8-3-1-2-6-7(5-17-10(6)8)9(16)4-11(13,14)15/h1-3,5,9,16H,4H2. The molecular formula is C11H8BrF3OS. The third-order valence-corrected chi connectivity index (χ3v) is 4.34. The van der Waals surface area contributed by atoms with Crippen molar-refractivity contribution in [2.24, 2.45) is 0 Å². The highest BCUT2D eigenvalue weighted by Crippen LogP contribution is 2.38. The van der Waals surface area contributed by atoms with Crippen LogP contribution in [0, 0.1) is 0 Å². The maximum Gasteiger partial charge on any atom is 0.391 e. The van der Waals surface area contributed by atoms with E-state index in [4.69, 9.17) is 0 Å². The van der Waals surface area contributed by atoms with Gasteiger partial charge in [-0.25, -0.2) is 0 Å². The second-order valence-corrected chi connectivity index (χ2v) is 5.38. The van der Waals surface area contributed by atoms with Crippen LogP contribution in [-0.2, 0) is 0 Å². The zero-order valence-electron chi connectivity index (χ0n) is 8.46. The molecule has 0 saturated carbocycles. The Kier molecular flexibility index (Phi) is 3.47. The molecule has 1 nitrogen and oxygen atoms in total. The lowest BCUT2D eigenvalue weighted by Gasteiger charge is -2.12. The average molecular weight is 325 g/mol. The van der Waals surface area contributed by atoms with E-state index in [9.17, 15) is 18.3 Å². The summed E-state index contributed by atoms with van der Waals surface area (Å²) in [5.41, 5.74) is 0.337. The van der Waals surface area contributed by atoms with Gasteiger partial charge in [-0.05, 0) is 38.3 Å². The molecule has 0 spiro atoms. The zero-order valence-corrected chi connectivity index (χ0v) is 10.9. The summed E-state index contributed by atoms with van der Waals surface area (Å²) >= 11 is 4.65. The SMILES string of the molecule is OC(CC(F)(F)F)c1csc2c(Br)cccc12. The molecule has 2 aromatic rings. The molecule has 0 radical (unpaired) electrons. The van der Waals surface area contributed by atoms with Crippen molar-refractivity contribution >= 4 is 37.4 Å². The Morgan fingerprint density at radius 1 is 1.35 bits per heavy atom. The number of hydrogen-bond donors (Lipinski definition) is 1. The summed E-state index contributed by atoms with van der Waals surface area (Å²) in [6, 6.07) is 5.27. The van der Waals surface area contributed by atoms with Crippen molar-refractivity contribution in [2.75, 3.05) is 0 Å². The van der Waals surface area contributed by atoms with Gasteiger partial charge in [0.1, 0.15) is 0 Å². The lowest BCUT2D eigenvalue weighted by Crippen LogP contribution is -2.13. The molecule has 1 N–H and O–H groups in total. The van der Waals surface area contributed by atoms with Crippen LogP contribution in [0.4, 0.5) is 13.2 Å². The number of alkyl halides is 3. The van der Waals surface area contributed by atoms with Gasteiger partial charge in [-0.3, -0.25) is 0 Å². The molecule has 0 aliphatic heterocycles. The number of fused-ring (bicyclic) bond motifs is 1. The predicted molar refractivity (Wildman–Crippen MR) is 65.2 cm³/mol. The minimum absolute atomic E-state index is 0.337. The average Bonchev–Trinajstić information content (AvgIpc) is 2.60. The molecule has 6 heteroatoms. The fourth-order valence-corrected chi connectivity index (χ4v) is 3.30. The minimum Gasteiger partial charge on any atom is -0.388 e. The van der Waals surface area contributed by atoms with Crippen molar-refractivity contribution in [1.29, 1.82) is 0 Å². The summed E-state index contributed by atoms with van der Waals surface area (Å²) in [6.07, 6.45) is -7.08. The third kappa shape index (κ3) is 2.81. The fraction of sp³-hybridized carbons (Fsp3) is 0.273. The molecule has 1 aromatic heterocycles. The Morgan fingerprint density at radius 3 is 2.71 bits per heavy atom. The zero-order chi connectivity index (χ0) is 12.6. The number of aliphatic hydroxyl groups is 1. The van der Waals surface area contributed by atoms with Gasteiger partial charge in [-0.1, -0.05) is 12.1 Å². The van der Waals surface area contributed by atoms with E-state index in [1.807, 2.05) is 6.07 Å². The van der Waals surface area contributed by atoms with E-state index in [0.717, 1.165) is 9.17 Å². The molecule has 1 heterocycles. The third-order valence-electron chi connectivity index (χ3n) is 2.37. The second kappa shape index (κ2) is 4.59. The Labute approximate surface area is 108 Å². The first-order valence-electron chi connectivity index (χ1n) is 4.79. The molecular weight excluding hydrogens is 317 g/mol. The molecule has 0 amide bonds.